The molecular weight excluding hydrogens is 804 g/mol. The number of carboxylic acids is 1. The van der Waals surface area contributed by atoms with Crippen molar-refractivity contribution in [3.63, 3.8) is 0 Å². The zero-order valence-electron chi connectivity index (χ0n) is 25.8. The molecule has 0 radical (unpaired) electrons. The van der Waals surface area contributed by atoms with E-state index in [4.69, 9.17) is 4.74 Å². The van der Waals surface area contributed by atoms with E-state index in [2.05, 4.69) is 51.3 Å². The molecule has 0 atom stereocenters. The topological polar surface area (TPSA) is 182 Å². The fraction of sp³-hybridized carbons (Fsp3) is 0.0909. The summed E-state index contributed by atoms with van der Waals surface area (Å²) in [6, 6.07) is 24.4. The molecule has 0 saturated carbocycles. The zero-order chi connectivity index (χ0) is 35.8. The van der Waals surface area contributed by atoms with Crippen LogP contribution >= 0.6 is 31.9 Å². The molecule has 0 amide bonds. The summed E-state index contributed by atoms with van der Waals surface area (Å²) in [5, 5.41) is 8.95. The summed E-state index contributed by atoms with van der Waals surface area (Å²) in [5.41, 5.74) is 1.99. The molecule has 254 valence electrons. The Balaban J connectivity index is 0.000000230. The van der Waals surface area contributed by atoms with Crippen LogP contribution in [0.15, 0.2) is 122 Å². The van der Waals surface area contributed by atoms with Gasteiger partial charge >= 0.3 is 11.9 Å². The molecule has 3 aromatic carbocycles. The van der Waals surface area contributed by atoms with E-state index in [0.29, 0.717) is 20.1 Å². The maximum absolute atomic E-state index is 12.7. The van der Waals surface area contributed by atoms with Gasteiger partial charge in [0.2, 0.25) is 0 Å². The average molecular weight is 833 g/mol. The molecule has 16 heteroatoms. The van der Waals surface area contributed by atoms with Gasteiger partial charge in [-0.25, -0.2) is 19.6 Å². The van der Waals surface area contributed by atoms with Crippen LogP contribution in [0, 0.1) is 13.8 Å². The van der Waals surface area contributed by atoms with E-state index < -0.39 is 32.0 Å². The zero-order valence-corrected chi connectivity index (χ0v) is 30.6. The first-order chi connectivity index (χ1) is 23.2. The van der Waals surface area contributed by atoms with E-state index in [1.54, 1.807) is 44.2 Å². The fourth-order valence-corrected chi connectivity index (χ4v) is 6.99. The van der Waals surface area contributed by atoms with Crippen LogP contribution in [-0.2, 0) is 31.4 Å². The third-order valence-corrected chi connectivity index (χ3v) is 11.0. The van der Waals surface area contributed by atoms with Crippen LogP contribution < -0.4 is 9.44 Å². The summed E-state index contributed by atoms with van der Waals surface area (Å²) in [6.45, 7) is 3.38. The van der Waals surface area contributed by atoms with Gasteiger partial charge < -0.3 is 9.84 Å². The van der Waals surface area contributed by atoms with Gasteiger partial charge in [-0.2, -0.15) is 16.8 Å². The summed E-state index contributed by atoms with van der Waals surface area (Å²) >= 11 is 6.59. The molecule has 49 heavy (non-hydrogen) atoms. The molecule has 0 unspecified atom stereocenters. The molecule has 0 saturated heterocycles. The minimum Gasteiger partial charge on any atom is -0.478 e. The van der Waals surface area contributed by atoms with Crippen molar-refractivity contribution in [2.45, 2.75) is 30.5 Å². The highest BCUT2D eigenvalue weighted by molar-refractivity contribution is 9.10. The molecule has 12 nitrogen and oxygen atoms in total. The number of nitrogens with zero attached hydrogens (tertiary/aromatic N) is 2. The molecule has 5 rings (SSSR count). The van der Waals surface area contributed by atoms with Crippen molar-refractivity contribution in [3.05, 3.63) is 140 Å². The Morgan fingerprint density at radius 3 is 1.57 bits per heavy atom. The maximum atomic E-state index is 12.7. The second-order valence-corrected chi connectivity index (χ2v) is 15.1. The fourth-order valence-electron chi connectivity index (χ4n) is 4.28. The standard InChI is InChI=1S/C20H17BrN2O4S.C13H11BrN2O4S/c1-14-16(21)10-11-17(23-28(25,26)18-9-5-6-12-22-18)19(14)20(24)27-13-15-7-3-2-4-8-15;1-8-9(14)5-6-10(12(8)13(17)18)16-21(19,20)11-4-2-3-7-15-11/h2-12,23H,13H2,1H3;2-7,16H,1H3,(H,17,18). The molecule has 2 heterocycles. The predicted molar refractivity (Wildman–Crippen MR) is 190 cm³/mol. The number of nitrogens with one attached hydrogen (secondary N) is 2. The number of sulfonamides is 2. The highest BCUT2D eigenvalue weighted by Crippen LogP contribution is 2.30. The first-order valence-corrected chi connectivity index (χ1v) is 18.7. The number of aromatic nitrogens is 2. The Hall–Kier alpha value is -4.64. The van der Waals surface area contributed by atoms with Crippen LogP contribution in [0.2, 0.25) is 0 Å². The van der Waals surface area contributed by atoms with Crippen LogP contribution in [0.1, 0.15) is 37.4 Å². The van der Waals surface area contributed by atoms with Crippen LogP contribution in [0.5, 0.6) is 0 Å². The van der Waals surface area contributed by atoms with Crippen molar-refractivity contribution >= 4 is 75.2 Å². The summed E-state index contributed by atoms with van der Waals surface area (Å²) in [5.74, 6) is -1.84. The normalized spacial score (nSPS) is 11.1. The van der Waals surface area contributed by atoms with Crippen molar-refractivity contribution in [3.8, 4) is 0 Å². The Morgan fingerprint density at radius 2 is 1.12 bits per heavy atom. The number of ether oxygens (including phenoxy) is 1. The Bertz CT molecular complexity index is 2190. The lowest BCUT2D eigenvalue weighted by molar-refractivity contribution is 0.0472. The van der Waals surface area contributed by atoms with Crippen LogP contribution in [0.4, 0.5) is 11.4 Å². The van der Waals surface area contributed by atoms with Crippen molar-refractivity contribution in [2.75, 3.05) is 9.44 Å². The van der Waals surface area contributed by atoms with E-state index in [9.17, 15) is 31.5 Å². The quantitative estimate of drug-likeness (QED) is 0.125. The lowest BCUT2D eigenvalue weighted by Crippen LogP contribution is -2.18. The van der Waals surface area contributed by atoms with E-state index >= 15 is 0 Å². The number of halogens is 2. The van der Waals surface area contributed by atoms with E-state index in [0.717, 1.165) is 5.56 Å². The molecule has 2 aromatic heterocycles. The summed E-state index contributed by atoms with van der Waals surface area (Å²) in [6.07, 6.45) is 2.73. The van der Waals surface area contributed by atoms with Crippen LogP contribution in [0.25, 0.3) is 0 Å². The largest absolute Gasteiger partial charge is 0.478 e. The molecule has 0 aliphatic heterocycles. The number of hydrogen-bond donors (Lipinski definition) is 3. The monoisotopic (exact) mass is 830 g/mol. The van der Waals surface area contributed by atoms with Gasteiger partial charge in [0.15, 0.2) is 10.1 Å². The van der Waals surface area contributed by atoms with Gasteiger partial charge in [0, 0.05) is 21.3 Å². The highest BCUT2D eigenvalue weighted by Gasteiger charge is 2.24. The number of benzene rings is 3. The lowest BCUT2D eigenvalue weighted by Gasteiger charge is -2.15. The molecular formula is C33H28Br2N4O8S2. The first kappa shape index (κ1) is 37.2. The Kier molecular flexibility index (Phi) is 12.3. The number of rotatable bonds is 10. The van der Waals surface area contributed by atoms with Crippen molar-refractivity contribution in [2.24, 2.45) is 0 Å². The number of esters is 1. The van der Waals surface area contributed by atoms with Crippen molar-refractivity contribution in [1.29, 1.82) is 0 Å². The SMILES string of the molecule is Cc1c(Br)ccc(NS(=O)(=O)c2ccccn2)c1C(=O)O.Cc1c(Br)ccc(NS(=O)(=O)c2ccccn2)c1C(=O)OCc1ccccc1. The van der Waals surface area contributed by atoms with Gasteiger partial charge in [-0.15, -0.1) is 0 Å². The summed E-state index contributed by atoms with van der Waals surface area (Å²) in [7, 11) is -7.89. The van der Waals surface area contributed by atoms with Gasteiger partial charge in [0.05, 0.1) is 22.5 Å². The molecule has 3 N–H and O–H groups in total. The molecule has 0 aliphatic carbocycles. The number of anilines is 2. The summed E-state index contributed by atoms with van der Waals surface area (Å²) < 4.78 is 61.0. The number of pyridine rings is 2. The second kappa shape index (κ2) is 16.2. The third kappa shape index (κ3) is 9.50. The minimum atomic E-state index is -3.95. The van der Waals surface area contributed by atoms with Crippen LogP contribution in [-0.4, -0.2) is 43.8 Å². The maximum Gasteiger partial charge on any atom is 0.340 e. The third-order valence-electron chi connectivity index (χ3n) is 6.74. The second-order valence-electron chi connectivity index (χ2n) is 10.1. The molecule has 0 aliphatic rings. The van der Waals surface area contributed by atoms with Gasteiger partial charge in [-0.1, -0.05) is 74.3 Å². The highest BCUT2D eigenvalue weighted by atomic mass is 79.9. The van der Waals surface area contributed by atoms with Gasteiger partial charge in [0.1, 0.15) is 6.61 Å². The number of aromatic carboxylic acids is 1. The molecule has 5 aromatic rings. The number of carbonyl (C=O) groups is 2. The minimum absolute atomic E-state index is 0.00569. The smallest absolute Gasteiger partial charge is 0.340 e. The van der Waals surface area contributed by atoms with E-state index in [-0.39, 0.29) is 39.2 Å². The lowest BCUT2D eigenvalue weighted by atomic mass is 10.1. The number of hydrogen-bond acceptors (Lipinski definition) is 9. The van der Waals surface area contributed by atoms with Crippen LogP contribution in [0.3, 0.4) is 0 Å². The Morgan fingerprint density at radius 1 is 0.673 bits per heavy atom. The average Bonchev–Trinajstić information content (AvgIpc) is 3.08. The first-order valence-electron chi connectivity index (χ1n) is 14.1. The van der Waals surface area contributed by atoms with Crippen molar-refractivity contribution < 1.29 is 36.3 Å². The van der Waals surface area contributed by atoms with E-state index in [1.807, 2.05) is 30.3 Å². The molecule has 0 spiro atoms. The Labute approximate surface area is 300 Å². The van der Waals surface area contributed by atoms with Crippen molar-refractivity contribution in [1.82, 2.24) is 9.97 Å². The number of carbonyl (C=O) groups excluding carboxylic acids is 1. The molecule has 0 bridgehead atoms. The predicted octanol–water partition coefficient (Wildman–Crippen LogP) is 6.96. The molecule has 0 fully saturated rings. The number of carboxylic acid groups (broad SMARTS) is 1. The van der Waals surface area contributed by atoms with Gasteiger partial charge in [0.25, 0.3) is 20.0 Å². The van der Waals surface area contributed by atoms with Gasteiger partial charge in [-0.3, -0.25) is 9.44 Å². The van der Waals surface area contributed by atoms with E-state index in [1.165, 1.54) is 42.7 Å². The summed E-state index contributed by atoms with van der Waals surface area (Å²) in [4.78, 5) is 31.7. The van der Waals surface area contributed by atoms with Gasteiger partial charge in [-0.05, 0) is 79.1 Å².